The van der Waals surface area contributed by atoms with Gasteiger partial charge in [0.25, 0.3) is 0 Å². The quantitative estimate of drug-likeness (QED) is 0.763. The molecule has 1 aliphatic heterocycles. The molecule has 1 saturated heterocycles. The molecule has 106 valence electrons. The van der Waals surface area contributed by atoms with Crippen molar-refractivity contribution in [2.24, 2.45) is 0 Å². The van der Waals surface area contributed by atoms with Crippen LogP contribution in [0.5, 0.6) is 0 Å². The molecule has 0 bridgehead atoms. The van der Waals surface area contributed by atoms with Crippen molar-refractivity contribution in [1.29, 1.82) is 0 Å². The predicted octanol–water partition coefficient (Wildman–Crippen LogP) is 0.410. The number of hydrogen-bond acceptors (Lipinski definition) is 4. The summed E-state index contributed by atoms with van der Waals surface area (Å²) < 4.78 is 22.9. The summed E-state index contributed by atoms with van der Waals surface area (Å²) in [5.41, 5.74) is 0. The Morgan fingerprint density at radius 2 is 2.11 bits per heavy atom. The van der Waals surface area contributed by atoms with E-state index in [-0.39, 0.29) is 29.5 Å². The number of nitrogens with one attached hydrogen (secondary N) is 1. The van der Waals surface area contributed by atoms with E-state index in [1.54, 1.807) is 0 Å². The van der Waals surface area contributed by atoms with Crippen LogP contribution in [0.3, 0.4) is 0 Å². The molecular weight excluding hydrogens is 252 g/mol. The lowest BCUT2D eigenvalue weighted by Gasteiger charge is -2.26. The highest BCUT2D eigenvalue weighted by Crippen LogP contribution is 2.17. The molecule has 1 rings (SSSR count). The van der Waals surface area contributed by atoms with Gasteiger partial charge in [-0.3, -0.25) is 9.69 Å². The third kappa shape index (κ3) is 4.94. The Morgan fingerprint density at radius 3 is 2.56 bits per heavy atom. The van der Waals surface area contributed by atoms with Gasteiger partial charge in [-0.15, -0.1) is 0 Å². The normalized spacial score (nSPS) is 22.6. The molecule has 1 fully saturated rings. The van der Waals surface area contributed by atoms with Crippen molar-refractivity contribution in [3.8, 4) is 0 Å². The first-order valence-electron chi connectivity index (χ1n) is 6.58. The van der Waals surface area contributed by atoms with E-state index in [4.69, 9.17) is 0 Å². The summed E-state index contributed by atoms with van der Waals surface area (Å²) >= 11 is 0. The van der Waals surface area contributed by atoms with Gasteiger partial charge in [-0.1, -0.05) is 6.92 Å². The molecule has 0 saturated carbocycles. The van der Waals surface area contributed by atoms with Crippen LogP contribution in [0.15, 0.2) is 0 Å². The molecule has 5 nitrogen and oxygen atoms in total. The topological polar surface area (TPSA) is 66.5 Å². The molecule has 0 aliphatic carbocycles. The molecule has 0 radical (unpaired) electrons. The van der Waals surface area contributed by atoms with Gasteiger partial charge in [0.1, 0.15) is 0 Å². The average molecular weight is 276 g/mol. The second-order valence-electron chi connectivity index (χ2n) is 5.16. The molecule has 1 amide bonds. The highest BCUT2D eigenvalue weighted by molar-refractivity contribution is 7.91. The zero-order valence-corrected chi connectivity index (χ0v) is 12.3. The number of carbonyl (C=O) groups is 1. The van der Waals surface area contributed by atoms with Crippen molar-refractivity contribution in [3.05, 3.63) is 0 Å². The van der Waals surface area contributed by atoms with E-state index in [2.05, 4.69) is 10.2 Å². The van der Waals surface area contributed by atoms with Crippen molar-refractivity contribution in [1.82, 2.24) is 10.2 Å². The molecule has 1 atom stereocenters. The summed E-state index contributed by atoms with van der Waals surface area (Å²) in [5.74, 6) is 0.559. The van der Waals surface area contributed by atoms with Crippen LogP contribution in [0.2, 0.25) is 0 Å². The fourth-order valence-electron chi connectivity index (χ4n) is 2.30. The summed E-state index contributed by atoms with van der Waals surface area (Å²) in [4.78, 5) is 13.7. The van der Waals surface area contributed by atoms with E-state index in [0.29, 0.717) is 19.4 Å². The van der Waals surface area contributed by atoms with Gasteiger partial charge in [0, 0.05) is 25.0 Å². The first-order valence-corrected chi connectivity index (χ1v) is 8.40. The molecule has 0 aromatic rings. The predicted molar refractivity (Wildman–Crippen MR) is 72.2 cm³/mol. The van der Waals surface area contributed by atoms with Crippen LogP contribution in [-0.2, 0) is 14.6 Å². The number of amides is 1. The average Bonchev–Trinajstić information content (AvgIpc) is 2.59. The number of hydrogen-bond donors (Lipinski definition) is 1. The summed E-state index contributed by atoms with van der Waals surface area (Å²) in [6.45, 7) is 7.29. The van der Waals surface area contributed by atoms with Crippen LogP contribution in [0, 0.1) is 0 Å². The molecule has 1 unspecified atom stereocenters. The van der Waals surface area contributed by atoms with Crippen molar-refractivity contribution in [2.75, 3.05) is 24.6 Å². The molecule has 1 N–H and O–H groups in total. The van der Waals surface area contributed by atoms with Gasteiger partial charge < -0.3 is 5.32 Å². The zero-order chi connectivity index (χ0) is 13.8. The maximum atomic E-state index is 11.6. The van der Waals surface area contributed by atoms with Gasteiger partial charge in [-0.05, 0) is 26.8 Å². The summed E-state index contributed by atoms with van der Waals surface area (Å²) in [6, 6.07) is 0.242. The Bertz CT molecular complexity index is 379. The third-order valence-corrected chi connectivity index (χ3v) is 4.96. The van der Waals surface area contributed by atoms with Crippen molar-refractivity contribution >= 4 is 15.7 Å². The lowest BCUT2D eigenvalue weighted by molar-refractivity contribution is -0.122. The molecular formula is C12H24N2O3S. The highest BCUT2D eigenvalue weighted by Gasteiger charge is 2.31. The highest BCUT2D eigenvalue weighted by atomic mass is 32.2. The smallest absolute Gasteiger partial charge is 0.221 e. The molecule has 0 aromatic carbocycles. The van der Waals surface area contributed by atoms with E-state index in [0.717, 1.165) is 6.54 Å². The molecule has 18 heavy (non-hydrogen) atoms. The van der Waals surface area contributed by atoms with Gasteiger partial charge >= 0.3 is 0 Å². The van der Waals surface area contributed by atoms with Gasteiger partial charge in [-0.2, -0.15) is 0 Å². The SMILES string of the molecule is CCN(CCC(=O)NC(C)C)C1CCS(=O)(=O)C1. The van der Waals surface area contributed by atoms with Crippen molar-refractivity contribution < 1.29 is 13.2 Å². The number of carbonyl (C=O) groups excluding carboxylic acids is 1. The van der Waals surface area contributed by atoms with Crippen LogP contribution in [0.4, 0.5) is 0 Å². The van der Waals surface area contributed by atoms with E-state index < -0.39 is 9.84 Å². The van der Waals surface area contributed by atoms with E-state index in [1.807, 2.05) is 20.8 Å². The fourth-order valence-corrected chi connectivity index (χ4v) is 4.06. The van der Waals surface area contributed by atoms with E-state index in [1.165, 1.54) is 0 Å². The maximum absolute atomic E-state index is 11.6. The lowest BCUT2D eigenvalue weighted by Crippen LogP contribution is -2.39. The molecule has 0 aromatic heterocycles. The Labute approximate surface area is 110 Å². The largest absolute Gasteiger partial charge is 0.354 e. The summed E-state index contributed by atoms with van der Waals surface area (Å²) in [6.07, 6.45) is 1.13. The van der Waals surface area contributed by atoms with E-state index in [9.17, 15) is 13.2 Å². The molecule has 6 heteroatoms. The number of rotatable bonds is 6. The van der Waals surface area contributed by atoms with Crippen molar-refractivity contribution in [3.63, 3.8) is 0 Å². The Balaban J connectivity index is 2.41. The Hall–Kier alpha value is -0.620. The van der Waals surface area contributed by atoms with Crippen LogP contribution in [0.25, 0.3) is 0 Å². The summed E-state index contributed by atoms with van der Waals surface area (Å²) in [7, 11) is -2.85. The summed E-state index contributed by atoms with van der Waals surface area (Å²) in [5, 5.41) is 2.85. The second kappa shape index (κ2) is 6.52. The zero-order valence-electron chi connectivity index (χ0n) is 11.5. The van der Waals surface area contributed by atoms with Gasteiger partial charge in [0.2, 0.25) is 5.91 Å². The monoisotopic (exact) mass is 276 g/mol. The first-order chi connectivity index (χ1) is 8.34. The van der Waals surface area contributed by atoms with Crippen LogP contribution in [-0.4, -0.2) is 55.9 Å². The van der Waals surface area contributed by atoms with E-state index >= 15 is 0 Å². The van der Waals surface area contributed by atoms with Gasteiger partial charge in [0.15, 0.2) is 9.84 Å². The van der Waals surface area contributed by atoms with Crippen LogP contribution < -0.4 is 5.32 Å². The van der Waals surface area contributed by atoms with Gasteiger partial charge in [0.05, 0.1) is 11.5 Å². The molecule has 1 aliphatic rings. The minimum atomic E-state index is -2.85. The minimum Gasteiger partial charge on any atom is -0.354 e. The number of nitrogens with zero attached hydrogens (tertiary/aromatic N) is 1. The molecule has 0 spiro atoms. The lowest BCUT2D eigenvalue weighted by atomic mass is 10.2. The maximum Gasteiger partial charge on any atom is 0.221 e. The van der Waals surface area contributed by atoms with Gasteiger partial charge in [-0.25, -0.2) is 8.42 Å². The minimum absolute atomic E-state index is 0.0318. The second-order valence-corrected chi connectivity index (χ2v) is 7.39. The third-order valence-electron chi connectivity index (χ3n) is 3.21. The first kappa shape index (κ1) is 15.4. The van der Waals surface area contributed by atoms with Crippen LogP contribution in [0.1, 0.15) is 33.6 Å². The molecule has 1 heterocycles. The fraction of sp³-hybridized carbons (Fsp3) is 0.917. The number of sulfone groups is 1. The van der Waals surface area contributed by atoms with Crippen LogP contribution >= 0.6 is 0 Å². The Kier molecular flexibility index (Phi) is 5.59. The Morgan fingerprint density at radius 1 is 1.44 bits per heavy atom. The van der Waals surface area contributed by atoms with Crippen molar-refractivity contribution in [2.45, 2.75) is 45.7 Å². The standard InChI is InChI=1S/C12H24N2O3S/c1-4-14(7-5-12(15)13-10(2)3)11-6-8-18(16,17)9-11/h10-11H,4-9H2,1-3H3,(H,13,15).